The monoisotopic (exact) mass is 413 g/mol. The van der Waals surface area contributed by atoms with E-state index in [2.05, 4.69) is 29.3 Å². The number of aliphatic imine (C=N–C) groups is 1. The number of ether oxygens (including phenoxy) is 4. The number of hydrogen-bond donors (Lipinski definition) is 1. The molecule has 0 radical (unpaired) electrons. The molecule has 0 atom stereocenters. The van der Waals surface area contributed by atoms with Crippen molar-refractivity contribution in [2.45, 2.75) is 26.4 Å². The Hall–Kier alpha value is -3.09. The fourth-order valence-electron chi connectivity index (χ4n) is 3.63. The molecule has 162 valence electrons. The lowest BCUT2D eigenvalue weighted by molar-refractivity contribution is 0.346. The van der Waals surface area contributed by atoms with E-state index in [1.165, 1.54) is 11.1 Å². The molecule has 2 aromatic carbocycles. The Morgan fingerprint density at radius 3 is 2.17 bits per heavy atom. The standard InChI is InChI=1S/C23H31N3O4/c1-6-24-23(25-14-16-7-8-19(27-2)20(11-16)28-3)26-10-9-17-12-21(29-4)22(30-5)13-18(17)15-26/h7-8,11-13H,6,9-10,14-15H2,1-5H3,(H,24,25). The zero-order valence-electron chi connectivity index (χ0n) is 18.4. The van der Waals surface area contributed by atoms with Crippen LogP contribution in [0.25, 0.3) is 0 Å². The Labute approximate surface area is 178 Å². The van der Waals surface area contributed by atoms with Crippen LogP contribution in [0, 0.1) is 0 Å². The van der Waals surface area contributed by atoms with Crippen LogP contribution in [0.3, 0.4) is 0 Å². The minimum Gasteiger partial charge on any atom is -0.493 e. The van der Waals surface area contributed by atoms with Crippen LogP contribution >= 0.6 is 0 Å². The first kappa shape index (κ1) is 21.6. The molecule has 30 heavy (non-hydrogen) atoms. The van der Waals surface area contributed by atoms with Gasteiger partial charge in [-0.2, -0.15) is 0 Å². The fraction of sp³-hybridized carbons (Fsp3) is 0.435. The van der Waals surface area contributed by atoms with Gasteiger partial charge < -0.3 is 29.2 Å². The highest BCUT2D eigenvalue weighted by Gasteiger charge is 2.21. The number of rotatable bonds is 7. The van der Waals surface area contributed by atoms with Crippen LogP contribution in [0.4, 0.5) is 0 Å². The Kier molecular flexibility index (Phi) is 7.27. The van der Waals surface area contributed by atoms with Crippen LogP contribution in [0.1, 0.15) is 23.6 Å². The first-order valence-corrected chi connectivity index (χ1v) is 10.1. The number of hydrogen-bond acceptors (Lipinski definition) is 5. The molecule has 0 fully saturated rings. The van der Waals surface area contributed by atoms with Crippen LogP contribution in [-0.4, -0.2) is 52.4 Å². The largest absolute Gasteiger partial charge is 0.493 e. The Balaban J connectivity index is 1.80. The smallest absolute Gasteiger partial charge is 0.194 e. The van der Waals surface area contributed by atoms with E-state index in [0.29, 0.717) is 18.0 Å². The van der Waals surface area contributed by atoms with Gasteiger partial charge >= 0.3 is 0 Å². The topological polar surface area (TPSA) is 64.6 Å². The zero-order chi connectivity index (χ0) is 21.5. The number of nitrogens with zero attached hydrogens (tertiary/aromatic N) is 2. The average Bonchev–Trinajstić information content (AvgIpc) is 2.80. The maximum atomic E-state index is 5.48. The molecule has 0 amide bonds. The number of benzene rings is 2. The molecule has 1 heterocycles. The molecule has 0 spiro atoms. The molecular weight excluding hydrogens is 382 g/mol. The van der Waals surface area contributed by atoms with Crippen molar-refractivity contribution in [3.05, 3.63) is 47.0 Å². The van der Waals surface area contributed by atoms with Crippen LogP contribution in [0.2, 0.25) is 0 Å². The highest BCUT2D eigenvalue weighted by atomic mass is 16.5. The Morgan fingerprint density at radius 2 is 1.53 bits per heavy atom. The van der Waals surface area contributed by atoms with Crippen molar-refractivity contribution in [3.8, 4) is 23.0 Å². The van der Waals surface area contributed by atoms with Crippen molar-refractivity contribution in [1.82, 2.24) is 10.2 Å². The predicted molar refractivity (Wildman–Crippen MR) is 118 cm³/mol. The molecule has 7 heteroatoms. The van der Waals surface area contributed by atoms with E-state index in [1.807, 2.05) is 18.2 Å². The number of fused-ring (bicyclic) bond motifs is 1. The molecule has 0 saturated heterocycles. The van der Waals surface area contributed by atoms with Gasteiger partial charge in [0.2, 0.25) is 0 Å². The molecule has 2 aromatic rings. The summed E-state index contributed by atoms with van der Waals surface area (Å²) in [6.45, 7) is 5.10. The second kappa shape index (κ2) is 10.1. The molecule has 0 bridgehead atoms. The number of methoxy groups -OCH3 is 4. The van der Waals surface area contributed by atoms with Crippen LogP contribution < -0.4 is 24.3 Å². The minimum absolute atomic E-state index is 0.554. The second-order valence-electron chi connectivity index (χ2n) is 7.01. The minimum atomic E-state index is 0.554. The van der Waals surface area contributed by atoms with Gasteiger partial charge in [-0.05, 0) is 54.3 Å². The lowest BCUT2D eigenvalue weighted by Gasteiger charge is -2.32. The normalized spacial score (nSPS) is 13.5. The van der Waals surface area contributed by atoms with Crippen molar-refractivity contribution in [1.29, 1.82) is 0 Å². The predicted octanol–water partition coefficient (Wildman–Crippen LogP) is 3.24. The maximum absolute atomic E-state index is 5.48. The molecule has 1 aliphatic rings. The van der Waals surface area contributed by atoms with Gasteiger partial charge in [-0.15, -0.1) is 0 Å². The summed E-state index contributed by atoms with van der Waals surface area (Å²) in [5.74, 6) is 3.86. The second-order valence-corrected chi connectivity index (χ2v) is 7.01. The summed E-state index contributed by atoms with van der Waals surface area (Å²) < 4.78 is 21.6. The highest BCUT2D eigenvalue weighted by molar-refractivity contribution is 5.80. The molecule has 7 nitrogen and oxygen atoms in total. The first-order valence-electron chi connectivity index (χ1n) is 10.1. The lowest BCUT2D eigenvalue weighted by Crippen LogP contribution is -2.44. The van der Waals surface area contributed by atoms with Gasteiger partial charge in [0.15, 0.2) is 29.0 Å². The van der Waals surface area contributed by atoms with E-state index in [0.717, 1.165) is 49.1 Å². The average molecular weight is 414 g/mol. The van der Waals surface area contributed by atoms with Crippen molar-refractivity contribution >= 4 is 5.96 Å². The van der Waals surface area contributed by atoms with Crippen LogP contribution in [0.15, 0.2) is 35.3 Å². The SMILES string of the molecule is CCNC(=NCc1ccc(OC)c(OC)c1)N1CCc2cc(OC)c(OC)cc2C1. The molecular formula is C23H31N3O4. The van der Waals surface area contributed by atoms with Crippen molar-refractivity contribution in [2.75, 3.05) is 41.5 Å². The van der Waals surface area contributed by atoms with Crippen LogP contribution in [0.5, 0.6) is 23.0 Å². The van der Waals surface area contributed by atoms with E-state index in [1.54, 1.807) is 28.4 Å². The van der Waals surface area contributed by atoms with Crippen LogP contribution in [-0.2, 0) is 19.5 Å². The molecule has 1 aliphatic heterocycles. The third-order valence-corrected chi connectivity index (χ3v) is 5.21. The summed E-state index contributed by atoms with van der Waals surface area (Å²) in [5, 5.41) is 3.42. The summed E-state index contributed by atoms with van der Waals surface area (Å²) in [4.78, 5) is 7.14. The zero-order valence-corrected chi connectivity index (χ0v) is 18.4. The fourth-order valence-corrected chi connectivity index (χ4v) is 3.63. The number of guanidine groups is 1. The van der Waals surface area contributed by atoms with E-state index < -0.39 is 0 Å². The Bertz CT molecular complexity index is 898. The molecule has 0 saturated carbocycles. The van der Waals surface area contributed by atoms with Crippen molar-refractivity contribution in [2.24, 2.45) is 4.99 Å². The van der Waals surface area contributed by atoms with Crippen molar-refractivity contribution in [3.63, 3.8) is 0 Å². The molecule has 3 rings (SSSR count). The van der Waals surface area contributed by atoms with Gasteiger partial charge in [0, 0.05) is 19.6 Å². The van der Waals surface area contributed by atoms with E-state index in [9.17, 15) is 0 Å². The lowest BCUT2D eigenvalue weighted by atomic mass is 9.99. The van der Waals surface area contributed by atoms with Gasteiger partial charge in [-0.1, -0.05) is 6.07 Å². The number of nitrogens with one attached hydrogen (secondary N) is 1. The third-order valence-electron chi connectivity index (χ3n) is 5.21. The van der Waals surface area contributed by atoms with Gasteiger partial charge in [0.05, 0.1) is 35.0 Å². The molecule has 0 aliphatic carbocycles. The van der Waals surface area contributed by atoms with Crippen molar-refractivity contribution < 1.29 is 18.9 Å². The molecule has 0 aromatic heterocycles. The summed E-state index contributed by atoms with van der Waals surface area (Å²) in [6, 6.07) is 10.0. The molecule has 1 N–H and O–H groups in total. The summed E-state index contributed by atoms with van der Waals surface area (Å²) in [7, 11) is 6.62. The Morgan fingerprint density at radius 1 is 0.900 bits per heavy atom. The summed E-state index contributed by atoms with van der Waals surface area (Å²) in [5.41, 5.74) is 3.59. The molecule has 0 unspecified atom stereocenters. The van der Waals surface area contributed by atoms with Gasteiger partial charge in [-0.3, -0.25) is 0 Å². The van der Waals surface area contributed by atoms with Gasteiger partial charge in [0.1, 0.15) is 0 Å². The quantitative estimate of drug-likeness (QED) is 0.555. The highest BCUT2D eigenvalue weighted by Crippen LogP contribution is 2.33. The summed E-state index contributed by atoms with van der Waals surface area (Å²) >= 11 is 0. The maximum Gasteiger partial charge on any atom is 0.194 e. The van der Waals surface area contributed by atoms with Gasteiger partial charge in [0.25, 0.3) is 0 Å². The van der Waals surface area contributed by atoms with E-state index in [-0.39, 0.29) is 0 Å². The third kappa shape index (κ3) is 4.72. The summed E-state index contributed by atoms with van der Waals surface area (Å²) in [6.07, 6.45) is 0.927. The van der Waals surface area contributed by atoms with E-state index in [4.69, 9.17) is 23.9 Å². The van der Waals surface area contributed by atoms with E-state index >= 15 is 0 Å². The first-order chi connectivity index (χ1) is 14.6. The van der Waals surface area contributed by atoms with Gasteiger partial charge in [-0.25, -0.2) is 4.99 Å².